The Morgan fingerprint density at radius 3 is 2.75 bits per heavy atom. The van der Waals surface area contributed by atoms with Crippen LogP contribution < -0.4 is 5.32 Å². The van der Waals surface area contributed by atoms with Crippen molar-refractivity contribution in [2.45, 2.75) is 6.54 Å². The monoisotopic (exact) mass is 227 g/mol. The summed E-state index contributed by atoms with van der Waals surface area (Å²) in [6.45, 7) is 3.37. The van der Waals surface area contributed by atoms with Crippen LogP contribution in [0.1, 0.15) is 5.56 Å². The first-order valence-corrected chi connectivity index (χ1v) is 4.56. The van der Waals surface area contributed by atoms with E-state index in [4.69, 9.17) is 5.11 Å². The van der Waals surface area contributed by atoms with Gasteiger partial charge in [-0.2, -0.15) is 0 Å². The van der Waals surface area contributed by atoms with E-state index in [1.807, 2.05) is 0 Å². The second-order valence-corrected chi connectivity index (χ2v) is 3.25. The molecule has 5 heteroatoms. The predicted molar refractivity (Wildman–Crippen MR) is 54.8 cm³/mol. The van der Waals surface area contributed by atoms with Crippen molar-refractivity contribution in [3.63, 3.8) is 0 Å². The molecule has 16 heavy (non-hydrogen) atoms. The van der Waals surface area contributed by atoms with Crippen molar-refractivity contribution >= 4 is 5.97 Å². The summed E-state index contributed by atoms with van der Waals surface area (Å²) in [6.07, 6.45) is 0. The zero-order valence-electron chi connectivity index (χ0n) is 8.46. The number of aliphatic carboxylic acids is 1. The Balaban J connectivity index is 2.52. The molecule has 0 unspecified atom stereocenters. The largest absolute Gasteiger partial charge is 0.478 e. The molecule has 2 N–H and O–H groups in total. The van der Waals surface area contributed by atoms with Crippen molar-refractivity contribution in [3.8, 4) is 0 Å². The van der Waals surface area contributed by atoms with Crippen LogP contribution in [-0.4, -0.2) is 17.6 Å². The van der Waals surface area contributed by atoms with E-state index in [0.717, 1.165) is 18.2 Å². The predicted octanol–water partition coefficient (Wildman–Crippen LogP) is 1.70. The molecule has 0 saturated carbocycles. The van der Waals surface area contributed by atoms with Crippen LogP contribution in [0, 0.1) is 11.6 Å². The van der Waals surface area contributed by atoms with E-state index in [1.54, 1.807) is 0 Å². The minimum Gasteiger partial charge on any atom is -0.478 e. The molecular formula is C11H11F2NO2. The molecule has 1 aromatic rings. The molecular weight excluding hydrogens is 216 g/mol. The fourth-order valence-corrected chi connectivity index (χ4v) is 1.10. The normalized spacial score (nSPS) is 10.1. The molecule has 86 valence electrons. The van der Waals surface area contributed by atoms with Crippen molar-refractivity contribution in [1.29, 1.82) is 0 Å². The number of nitrogens with one attached hydrogen (secondary N) is 1. The van der Waals surface area contributed by atoms with E-state index in [2.05, 4.69) is 11.9 Å². The van der Waals surface area contributed by atoms with Gasteiger partial charge in [-0.25, -0.2) is 13.6 Å². The number of benzene rings is 1. The molecule has 0 fully saturated rings. The van der Waals surface area contributed by atoms with Crippen LogP contribution in [0.3, 0.4) is 0 Å². The molecule has 0 aliphatic heterocycles. The molecule has 0 saturated heterocycles. The van der Waals surface area contributed by atoms with Gasteiger partial charge >= 0.3 is 5.97 Å². The highest BCUT2D eigenvalue weighted by Gasteiger charge is 2.06. The van der Waals surface area contributed by atoms with Gasteiger partial charge in [0.1, 0.15) is 11.6 Å². The summed E-state index contributed by atoms with van der Waals surface area (Å²) in [7, 11) is 0. The molecule has 3 nitrogen and oxygen atoms in total. The summed E-state index contributed by atoms with van der Waals surface area (Å²) in [5.41, 5.74) is 0.120. The fourth-order valence-electron chi connectivity index (χ4n) is 1.10. The van der Waals surface area contributed by atoms with Crippen molar-refractivity contribution in [2.75, 3.05) is 6.54 Å². The number of halogens is 2. The Morgan fingerprint density at radius 1 is 1.44 bits per heavy atom. The smallest absolute Gasteiger partial charge is 0.332 e. The Labute approximate surface area is 91.4 Å². The van der Waals surface area contributed by atoms with Gasteiger partial charge in [-0.15, -0.1) is 0 Å². The second-order valence-electron chi connectivity index (χ2n) is 3.25. The summed E-state index contributed by atoms with van der Waals surface area (Å²) < 4.78 is 25.9. The maximum Gasteiger partial charge on any atom is 0.332 e. The Kier molecular flexibility index (Phi) is 4.13. The molecule has 0 radical (unpaired) electrons. The van der Waals surface area contributed by atoms with Crippen LogP contribution in [0.4, 0.5) is 8.78 Å². The first-order chi connectivity index (χ1) is 7.50. The third-order valence-corrected chi connectivity index (χ3v) is 1.96. The van der Waals surface area contributed by atoms with Gasteiger partial charge in [0.15, 0.2) is 0 Å². The topological polar surface area (TPSA) is 49.3 Å². The average Bonchev–Trinajstić information content (AvgIpc) is 2.22. The molecule has 0 aliphatic rings. The molecule has 0 aromatic heterocycles. The van der Waals surface area contributed by atoms with Crippen molar-refractivity contribution in [2.24, 2.45) is 0 Å². The van der Waals surface area contributed by atoms with Gasteiger partial charge in [-0.1, -0.05) is 6.58 Å². The first-order valence-electron chi connectivity index (χ1n) is 4.56. The highest BCUT2D eigenvalue weighted by Crippen LogP contribution is 2.09. The van der Waals surface area contributed by atoms with Crippen molar-refractivity contribution in [1.82, 2.24) is 5.32 Å². The molecule has 1 aromatic carbocycles. The highest BCUT2D eigenvalue weighted by molar-refractivity contribution is 5.86. The molecule has 1 rings (SSSR count). The van der Waals surface area contributed by atoms with Gasteiger partial charge in [-0.05, 0) is 18.2 Å². The van der Waals surface area contributed by atoms with Gasteiger partial charge in [0.05, 0.1) is 0 Å². The van der Waals surface area contributed by atoms with Crippen LogP contribution in [0.5, 0.6) is 0 Å². The molecule has 0 aliphatic carbocycles. The summed E-state index contributed by atoms with van der Waals surface area (Å²) in [5, 5.41) is 11.2. The molecule has 0 spiro atoms. The van der Waals surface area contributed by atoms with Gasteiger partial charge in [0.2, 0.25) is 0 Å². The number of carboxylic acid groups (broad SMARTS) is 1. The maximum absolute atomic E-state index is 13.1. The van der Waals surface area contributed by atoms with E-state index in [-0.39, 0.29) is 24.2 Å². The van der Waals surface area contributed by atoms with Gasteiger partial charge < -0.3 is 10.4 Å². The highest BCUT2D eigenvalue weighted by atomic mass is 19.1. The van der Waals surface area contributed by atoms with Crippen molar-refractivity contribution < 1.29 is 18.7 Å². The number of rotatable bonds is 5. The second kappa shape index (κ2) is 5.37. The summed E-state index contributed by atoms with van der Waals surface area (Å²) in [6, 6.07) is 3.11. The van der Waals surface area contributed by atoms with Gasteiger partial charge in [0, 0.05) is 24.2 Å². The Morgan fingerprint density at radius 2 is 2.12 bits per heavy atom. The summed E-state index contributed by atoms with van der Waals surface area (Å²) in [5.74, 6) is -2.18. The van der Waals surface area contributed by atoms with Gasteiger partial charge in [0.25, 0.3) is 0 Å². The SMILES string of the molecule is C=C(CNCc1cc(F)ccc1F)C(=O)O. The lowest BCUT2D eigenvalue weighted by Crippen LogP contribution is -2.20. The van der Waals surface area contributed by atoms with E-state index in [1.165, 1.54) is 0 Å². The van der Waals surface area contributed by atoms with E-state index < -0.39 is 17.6 Å². The molecule has 0 heterocycles. The van der Waals surface area contributed by atoms with Crippen LogP contribution in [0.25, 0.3) is 0 Å². The molecule has 0 amide bonds. The van der Waals surface area contributed by atoms with Crippen LogP contribution in [-0.2, 0) is 11.3 Å². The van der Waals surface area contributed by atoms with Crippen LogP contribution in [0.2, 0.25) is 0 Å². The average molecular weight is 227 g/mol. The van der Waals surface area contributed by atoms with E-state index in [9.17, 15) is 13.6 Å². The quantitative estimate of drug-likeness (QED) is 0.752. The molecule has 0 atom stereocenters. The van der Waals surface area contributed by atoms with E-state index >= 15 is 0 Å². The minimum atomic E-state index is -1.12. The van der Waals surface area contributed by atoms with E-state index in [0.29, 0.717) is 0 Å². The zero-order valence-corrected chi connectivity index (χ0v) is 8.46. The first kappa shape index (κ1) is 12.3. The number of hydrogen-bond donors (Lipinski definition) is 2. The third-order valence-electron chi connectivity index (χ3n) is 1.96. The Bertz CT molecular complexity index is 418. The number of carboxylic acids is 1. The standard InChI is InChI=1S/C11H11F2NO2/c1-7(11(15)16)5-14-6-8-4-9(12)2-3-10(8)13/h2-4,14H,1,5-6H2,(H,15,16). The maximum atomic E-state index is 13.1. The zero-order chi connectivity index (χ0) is 12.1. The van der Waals surface area contributed by atoms with Gasteiger partial charge in [-0.3, -0.25) is 0 Å². The number of hydrogen-bond acceptors (Lipinski definition) is 2. The summed E-state index contributed by atoms with van der Waals surface area (Å²) in [4.78, 5) is 10.4. The van der Waals surface area contributed by atoms with Crippen molar-refractivity contribution in [3.05, 3.63) is 47.5 Å². The Hall–Kier alpha value is -1.75. The lowest BCUT2D eigenvalue weighted by Gasteiger charge is -2.05. The fraction of sp³-hybridized carbons (Fsp3) is 0.182. The van der Waals surface area contributed by atoms with Crippen LogP contribution >= 0.6 is 0 Å². The lowest BCUT2D eigenvalue weighted by molar-refractivity contribution is -0.132. The number of carbonyl (C=O) groups is 1. The molecule has 0 bridgehead atoms. The lowest BCUT2D eigenvalue weighted by atomic mass is 10.2. The summed E-state index contributed by atoms with van der Waals surface area (Å²) >= 11 is 0. The van der Waals surface area contributed by atoms with Crippen LogP contribution in [0.15, 0.2) is 30.4 Å². The minimum absolute atomic E-state index is 0.0191. The third kappa shape index (κ3) is 3.43.